The molecule has 0 saturated carbocycles. The minimum atomic E-state index is -3.57. The van der Waals surface area contributed by atoms with E-state index in [9.17, 15) is 13.2 Å². The highest BCUT2D eigenvalue weighted by Gasteiger charge is 2.26. The predicted octanol–water partition coefficient (Wildman–Crippen LogP) is 3.00. The lowest BCUT2D eigenvalue weighted by atomic mass is 10.2. The SMILES string of the molecule is CCc1cc(C(=O)OCc2cccc(S(=O)(=O)N3CCOCC3)c2)sc1C. The summed E-state index contributed by atoms with van der Waals surface area (Å²) in [5.74, 6) is -0.385. The van der Waals surface area contributed by atoms with E-state index in [1.807, 2.05) is 19.9 Å². The van der Waals surface area contributed by atoms with Crippen molar-refractivity contribution >= 4 is 27.3 Å². The van der Waals surface area contributed by atoms with Crippen molar-refractivity contribution in [1.82, 2.24) is 4.31 Å². The summed E-state index contributed by atoms with van der Waals surface area (Å²) < 4.78 is 37.5. The number of hydrogen-bond acceptors (Lipinski definition) is 6. The maximum Gasteiger partial charge on any atom is 0.348 e. The molecular weight excluding hydrogens is 386 g/mol. The molecule has 146 valence electrons. The molecular formula is C19H23NO5S2. The molecule has 1 aromatic heterocycles. The molecule has 1 saturated heterocycles. The molecule has 0 amide bonds. The molecule has 1 aliphatic heterocycles. The molecule has 2 aromatic rings. The maximum absolute atomic E-state index is 12.7. The van der Waals surface area contributed by atoms with Gasteiger partial charge in [-0.15, -0.1) is 11.3 Å². The normalized spacial score (nSPS) is 15.6. The van der Waals surface area contributed by atoms with Crippen LogP contribution in [-0.2, 0) is 32.5 Å². The summed E-state index contributed by atoms with van der Waals surface area (Å²) in [5.41, 5.74) is 1.78. The van der Waals surface area contributed by atoms with E-state index in [2.05, 4.69) is 0 Å². The fraction of sp³-hybridized carbons (Fsp3) is 0.421. The summed E-state index contributed by atoms with van der Waals surface area (Å²) in [6.45, 7) is 5.56. The highest BCUT2D eigenvalue weighted by Crippen LogP contribution is 2.23. The fourth-order valence-corrected chi connectivity index (χ4v) is 5.41. The monoisotopic (exact) mass is 409 g/mol. The third kappa shape index (κ3) is 4.57. The Labute approximate surface area is 163 Å². The van der Waals surface area contributed by atoms with Crippen molar-refractivity contribution in [2.45, 2.75) is 31.8 Å². The zero-order chi connectivity index (χ0) is 19.4. The van der Waals surface area contributed by atoms with E-state index < -0.39 is 10.0 Å². The molecule has 0 bridgehead atoms. The smallest absolute Gasteiger partial charge is 0.348 e. The number of ether oxygens (including phenoxy) is 2. The van der Waals surface area contributed by atoms with Crippen LogP contribution >= 0.6 is 11.3 Å². The number of hydrogen-bond donors (Lipinski definition) is 0. The van der Waals surface area contributed by atoms with Gasteiger partial charge in [0.2, 0.25) is 10.0 Å². The molecule has 1 aromatic carbocycles. The first-order valence-electron chi connectivity index (χ1n) is 8.85. The Kier molecular flexibility index (Phi) is 6.31. The Morgan fingerprint density at radius 3 is 2.67 bits per heavy atom. The van der Waals surface area contributed by atoms with Crippen molar-refractivity contribution in [2.24, 2.45) is 0 Å². The van der Waals surface area contributed by atoms with Gasteiger partial charge in [-0.05, 0) is 42.7 Å². The van der Waals surface area contributed by atoms with E-state index in [0.29, 0.717) is 36.7 Å². The third-order valence-electron chi connectivity index (χ3n) is 4.48. The van der Waals surface area contributed by atoms with Gasteiger partial charge in [0.05, 0.1) is 18.1 Å². The van der Waals surface area contributed by atoms with E-state index in [4.69, 9.17) is 9.47 Å². The number of nitrogens with zero attached hydrogens (tertiary/aromatic N) is 1. The molecule has 1 aliphatic rings. The number of morpholine rings is 1. The van der Waals surface area contributed by atoms with Crippen molar-refractivity contribution < 1.29 is 22.7 Å². The van der Waals surface area contributed by atoms with Crippen LogP contribution in [0, 0.1) is 6.92 Å². The van der Waals surface area contributed by atoms with Crippen LogP contribution in [0.15, 0.2) is 35.2 Å². The second kappa shape index (κ2) is 8.52. The molecule has 0 atom stereocenters. The van der Waals surface area contributed by atoms with Crippen LogP contribution in [0.4, 0.5) is 0 Å². The number of carbonyl (C=O) groups excluding carboxylic acids is 1. The van der Waals surface area contributed by atoms with Gasteiger partial charge < -0.3 is 9.47 Å². The van der Waals surface area contributed by atoms with Crippen LogP contribution in [-0.4, -0.2) is 45.0 Å². The van der Waals surface area contributed by atoms with Gasteiger partial charge in [-0.2, -0.15) is 4.31 Å². The molecule has 2 heterocycles. The molecule has 0 aliphatic carbocycles. The van der Waals surface area contributed by atoms with E-state index >= 15 is 0 Å². The van der Waals surface area contributed by atoms with Gasteiger partial charge >= 0.3 is 5.97 Å². The van der Waals surface area contributed by atoms with Crippen molar-refractivity contribution in [3.63, 3.8) is 0 Å². The summed E-state index contributed by atoms with van der Waals surface area (Å²) in [6.07, 6.45) is 0.872. The third-order valence-corrected chi connectivity index (χ3v) is 7.45. The highest BCUT2D eigenvalue weighted by molar-refractivity contribution is 7.89. The molecule has 0 N–H and O–H groups in total. The predicted molar refractivity (Wildman–Crippen MR) is 104 cm³/mol. The average Bonchev–Trinajstić information content (AvgIpc) is 3.08. The number of sulfonamides is 1. The quantitative estimate of drug-likeness (QED) is 0.686. The van der Waals surface area contributed by atoms with E-state index in [1.165, 1.54) is 15.6 Å². The molecule has 8 heteroatoms. The van der Waals surface area contributed by atoms with Gasteiger partial charge in [0.1, 0.15) is 11.5 Å². The molecule has 3 rings (SSSR count). The summed E-state index contributed by atoms with van der Waals surface area (Å²) in [4.78, 5) is 14.2. The summed E-state index contributed by atoms with van der Waals surface area (Å²) in [5, 5.41) is 0. The van der Waals surface area contributed by atoms with E-state index in [1.54, 1.807) is 24.3 Å². The Morgan fingerprint density at radius 2 is 2.00 bits per heavy atom. The number of aryl methyl sites for hydroxylation is 2. The lowest BCUT2D eigenvalue weighted by Gasteiger charge is -2.26. The second-order valence-corrected chi connectivity index (χ2v) is 9.48. The lowest BCUT2D eigenvalue weighted by Crippen LogP contribution is -2.40. The number of rotatable bonds is 6. The number of thiophene rings is 1. The van der Waals surface area contributed by atoms with Gasteiger partial charge in [0.25, 0.3) is 0 Å². The van der Waals surface area contributed by atoms with Crippen LogP contribution < -0.4 is 0 Å². The van der Waals surface area contributed by atoms with Crippen LogP contribution in [0.1, 0.15) is 32.6 Å². The van der Waals surface area contributed by atoms with Crippen LogP contribution in [0.2, 0.25) is 0 Å². The van der Waals surface area contributed by atoms with Gasteiger partial charge in [0, 0.05) is 18.0 Å². The van der Waals surface area contributed by atoms with Gasteiger partial charge in [0.15, 0.2) is 0 Å². The Balaban J connectivity index is 1.69. The molecule has 6 nitrogen and oxygen atoms in total. The van der Waals surface area contributed by atoms with Gasteiger partial charge in [-0.3, -0.25) is 0 Å². The van der Waals surface area contributed by atoms with Crippen molar-refractivity contribution in [2.75, 3.05) is 26.3 Å². The molecule has 0 spiro atoms. The van der Waals surface area contributed by atoms with Crippen LogP contribution in [0.3, 0.4) is 0 Å². The second-order valence-electron chi connectivity index (χ2n) is 6.29. The van der Waals surface area contributed by atoms with Crippen LogP contribution in [0.5, 0.6) is 0 Å². The first-order valence-corrected chi connectivity index (χ1v) is 11.1. The Bertz CT molecular complexity index is 914. The molecule has 1 fully saturated rings. The van der Waals surface area contributed by atoms with Crippen molar-refractivity contribution in [3.05, 3.63) is 51.2 Å². The van der Waals surface area contributed by atoms with Crippen LogP contribution in [0.25, 0.3) is 0 Å². The Morgan fingerprint density at radius 1 is 1.26 bits per heavy atom. The zero-order valence-corrected chi connectivity index (χ0v) is 17.1. The summed E-state index contributed by atoms with van der Waals surface area (Å²) >= 11 is 1.42. The average molecular weight is 410 g/mol. The van der Waals surface area contributed by atoms with Crippen molar-refractivity contribution in [1.29, 1.82) is 0 Å². The zero-order valence-electron chi connectivity index (χ0n) is 15.4. The minimum absolute atomic E-state index is 0.0315. The fourth-order valence-electron chi connectivity index (χ4n) is 2.92. The lowest BCUT2D eigenvalue weighted by molar-refractivity contribution is 0.0478. The summed E-state index contributed by atoms with van der Waals surface area (Å²) in [6, 6.07) is 8.41. The molecule has 0 radical (unpaired) electrons. The van der Waals surface area contributed by atoms with E-state index in [-0.39, 0.29) is 17.5 Å². The first-order chi connectivity index (χ1) is 12.9. The minimum Gasteiger partial charge on any atom is -0.457 e. The number of carbonyl (C=O) groups is 1. The van der Waals surface area contributed by atoms with Crippen molar-refractivity contribution in [3.8, 4) is 0 Å². The standard InChI is InChI=1S/C19H23NO5S2/c1-3-16-12-18(26-14(16)2)19(21)25-13-15-5-4-6-17(11-15)27(22,23)20-7-9-24-10-8-20/h4-6,11-12H,3,7-10,13H2,1-2H3. The number of benzene rings is 1. The first kappa shape index (κ1) is 20.0. The summed E-state index contributed by atoms with van der Waals surface area (Å²) in [7, 11) is -3.57. The molecule has 0 unspecified atom stereocenters. The van der Waals surface area contributed by atoms with E-state index in [0.717, 1.165) is 16.9 Å². The van der Waals surface area contributed by atoms with Gasteiger partial charge in [-0.25, -0.2) is 13.2 Å². The Hall–Kier alpha value is -1.74. The topological polar surface area (TPSA) is 72.9 Å². The highest BCUT2D eigenvalue weighted by atomic mass is 32.2. The number of esters is 1. The molecule has 27 heavy (non-hydrogen) atoms. The largest absolute Gasteiger partial charge is 0.457 e. The van der Waals surface area contributed by atoms with Gasteiger partial charge in [-0.1, -0.05) is 19.1 Å². The maximum atomic E-state index is 12.7.